The van der Waals surface area contributed by atoms with Crippen molar-refractivity contribution in [2.24, 2.45) is 0 Å². The van der Waals surface area contributed by atoms with Gasteiger partial charge in [-0.15, -0.1) is 0 Å². The van der Waals surface area contributed by atoms with Gasteiger partial charge in [0.25, 0.3) is 0 Å². The highest BCUT2D eigenvalue weighted by atomic mass is 35.5. The number of benzene rings is 1. The Hall–Kier alpha value is -1.22. The van der Waals surface area contributed by atoms with E-state index in [-0.39, 0.29) is 0 Å². The normalized spacial score (nSPS) is 12.4. The molecule has 0 amide bonds. The summed E-state index contributed by atoms with van der Waals surface area (Å²) >= 11 is 5.89. The third-order valence-electron chi connectivity index (χ3n) is 2.10. The molecule has 1 aromatic rings. The number of anilines is 1. The monoisotopic (exact) mass is 213 g/mol. The predicted molar refractivity (Wildman–Crippen MR) is 56.5 cm³/mol. The zero-order chi connectivity index (χ0) is 10.7. The van der Waals surface area contributed by atoms with E-state index in [1.54, 1.807) is 25.1 Å². The van der Waals surface area contributed by atoms with Crippen molar-refractivity contribution in [3.05, 3.63) is 28.8 Å². The van der Waals surface area contributed by atoms with Crippen LogP contribution in [0, 0.1) is 0 Å². The Balaban J connectivity index is 3.15. The number of hydrogen-bond acceptors (Lipinski definition) is 2. The SMILES string of the molecule is CCC(C(=O)O)c1cc(N)ccc1Cl. The van der Waals surface area contributed by atoms with E-state index in [9.17, 15) is 4.79 Å². The van der Waals surface area contributed by atoms with Gasteiger partial charge in [0, 0.05) is 10.7 Å². The predicted octanol–water partition coefficient (Wildman–Crippen LogP) is 2.50. The number of nitrogens with two attached hydrogens (primary N) is 1. The van der Waals surface area contributed by atoms with E-state index in [2.05, 4.69) is 0 Å². The molecular formula is C10H12ClNO2. The van der Waals surface area contributed by atoms with E-state index in [0.717, 1.165) is 0 Å². The molecule has 0 saturated carbocycles. The summed E-state index contributed by atoms with van der Waals surface area (Å²) < 4.78 is 0. The molecule has 3 nitrogen and oxygen atoms in total. The maximum absolute atomic E-state index is 10.9. The van der Waals surface area contributed by atoms with Gasteiger partial charge in [0.05, 0.1) is 5.92 Å². The maximum atomic E-state index is 10.9. The molecule has 0 aliphatic rings. The van der Waals surface area contributed by atoms with Crippen LogP contribution in [0.4, 0.5) is 5.69 Å². The molecule has 0 spiro atoms. The Morgan fingerprint density at radius 1 is 1.64 bits per heavy atom. The first-order valence-electron chi connectivity index (χ1n) is 4.34. The highest BCUT2D eigenvalue weighted by Gasteiger charge is 2.20. The molecule has 0 saturated heterocycles. The molecule has 1 unspecified atom stereocenters. The molecule has 0 radical (unpaired) electrons. The van der Waals surface area contributed by atoms with Gasteiger partial charge in [0.2, 0.25) is 0 Å². The van der Waals surface area contributed by atoms with E-state index in [0.29, 0.717) is 22.7 Å². The van der Waals surface area contributed by atoms with Crippen molar-refractivity contribution in [1.82, 2.24) is 0 Å². The summed E-state index contributed by atoms with van der Waals surface area (Å²) in [5, 5.41) is 9.39. The topological polar surface area (TPSA) is 63.3 Å². The summed E-state index contributed by atoms with van der Waals surface area (Å²) in [7, 11) is 0. The Kier molecular flexibility index (Phi) is 3.36. The van der Waals surface area contributed by atoms with Gasteiger partial charge in [0.1, 0.15) is 0 Å². The standard InChI is InChI=1S/C10H12ClNO2/c1-2-7(10(13)14)8-5-6(12)3-4-9(8)11/h3-5,7H,2,12H2,1H3,(H,13,14). The summed E-state index contributed by atoms with van der Waals surface area (Å²) in [6.07, 6.45) is 0.499. The quantitative estimate of drug-likeness (QED) is 0.759. The first-order valence-corrected chi connectivity index (χ1v) is 4.71. The second-order valence-corrected chi connectivity index (χ2v) is 3.49. The second-order valence-electron chi connectivity index (χ2n) is 3.08. The highest BCUT2D eigenvalue weighted by molar-refractivity contribution is 6.31. The Labute approximate surface area is 87.5 Å². The molecule has 1 atom stereocenters. The average molecular weight is 214 g/mol. The van der Waals surface area contributed by atoms with Crippen LogP contribution in [-0.2, 0) is 4.79 Å². The van der Waals surface area contributed by atoms with Crippen LogP contribution >= 0.6 is 11.6 Å². The lowest BCUT2D eigenvalue weighted by Gasteiger charge is -2.12. The average Bonchev–Trinajstić information content (AvgIpc) is 2.11. The summed E-state index contributed by atoms with van der Waals surface area (Å²) in [6.45, 7) is 1.80. The van der Waals surface area contributed by atoms with Gasteiger partial charge in [-0.2, -0.15) is 0 Å². The molecule has 1 aromatic carbocycles. The number of carbonyl (C=O) groups is 1. The molecule has 0 fully saturated rings. The van der Waals surface area contributed by atoms with E-state index < -0.39 is 11.9 Å². The van der Waals surface area contributed by atoms with Crippen LogP contribution in [0.2, 0.25) is 5.02 Å². The van der Waals surface area contributed by atoms with Crippen molar-refractivity contribution in [2.45, 2.75) is 19.3 Å². The molecule has 1 rings (SSSR count). The summed E-state index contributed by atoms with van der Waals surface area (Å²) in [5.41, 5.74) is 6.69. The Bertz CT molecular complexity index is 352. The van der Waals surface area contributed by atoms with Crippen molar-refractivity contribution in [3.8, 4) is 0 Å². The molecular weight excluding hydrogens is 202 g/mol. The van der Waals surface area contributed by atoms with Crippen LogP contribution in [0.3, 0.4) is 0 Å². The molecule has 0 aromatic heterocycles. The number of rotatable bonds is 3. The molecule has 0 heterocycles. The van der Waals surface area contributed by atoms with Gasteiger partial charge in [0.15, 0.2) is 0 Å². The molecule has 14 heavy (non-hydrogen) atoms. The van der Waals surface area contributed by atoms with Crippen LogP contribution in [0.15, 0.2) is 18.2 Å². The van der Waals surface area contributed by atoms with Gasteiger partial charge in [-0.1, -0.05) is 18.5 Å². The maximum Gasteiger partial charge on any atom is 0.311 e. The van der Waals surface area contributed by atoms with Crippen LogP contribution in [0.1, 0.15) is 24.8 Å². The van der Waals surface area contributed by atoms with Crippen LogP contribution in [0.25, 0.3) is 0 Å². The van der Waals surface area contributed by atoms with Gasteiger partial charge in [-0.05, 0) is 30.2 Å². The molecule has 0 aliphatic carbocycles. The van der Waals surface area contributed by atoms with E-state index in [4.69, 9.17) is 22.4 Å². The van der Waals surface area contributed by atoms with Crippen molar-refractivity contribution in [2.75, 3.05) is 5.73 Å². The molecule has 76 valence electrons. The summed E-state index contributed by atoms with van der Waals surface area (Å²) in [4.78, 5) is 10.9. The van der Waals surface area contributed by atoms with Crippen LogP contribution in [0.5, 0.6) is 0 Å². The zero-order valence-electron chi connectivity index (χ0n) is 7.83. The van der Waals surface area contributed by atoms with Gasteiger partial charge in [-0.25, -0.2) is 0 Å². The summed E-state index contributed by atoms with van der Waals surface area (Å²) in [6, 6.07) is 4.89. The lowest BCUT2D eigenvalue weighted by atomic mass is 9.96. The van der Waals surface area contributed by atoms with Gasteiger partial charge in [-0.3, -0.25) is 4.79 Å². The molecule has 4 heteroatoms. The fourth-order valence-corrected chi connectivity index (χ4v) is 1.61. The smallest absolute Gasteiger partial charge is 0.311 e. The van der Waals surface area contributed by atoms with E-state index in [1.165, 1.54) is 0 Å². The lowest BCUT2D eigenvalue weighted by Crippen LogP contribution is -2.11. The number of hydrogen-bond donors (Lipinski definition) is 2. The van der Waals surface area contributed by atoms with Crippen molar-refractivity contribution in [1.29, 1.82) is 0 Å². The minimum Gasteiger partial charge on any atom is -0.481 e. The number of aliphatic carboxylic acids is 1. The Morgan fingerprint density at radius 3 is 2.79 bits per heavy atom. The van der Waals surface area contributed by atoms with Crippen molar-refractivity contribution in [3.63, 3.8) is 0 Å². The largest absolute Gasteiger partial charge is 0.481 e. The molecule has 0 bridgehead atoms. The van der Waals surface area contributed by atoms with Gasteiger partial charge >= 0.3 is 5.97 Å². The lowest BCUT2D eigenvalue weighted by molar-refractivity contribution is -0.138. The fraction of sp³-hybridized carbons (Fsp3) is 0.300. The minimum absolute atomic E-state index is 0.452. The number of nitrogen functional groups attached to an aromatic ring is 1. The van der Waals surface area contributed by atoms with Gasteiger partial charge < -0.3 is 10.8 Å². The first-order chi connectivity index (χ1) is 6.56. The van der Waals surface area contributed by atoms with Crippen LogP contribution < -0.4 is 5.73 Å². The Morgan fingerprint density at radius 2 is 2.29 bits per heavy atom. The number of carboxylic acid groups (broad SMARTS) is 1. The van der Waals surface area contributed by atoms with E-state index in [1.807, 2.05) is 0 Å². The minimum atomic E-state index is -0.875. The number of halogens is 1. The van der Waals surface area contributed by atoms with E-state index >= 15 is 0 Å². The molecule has 0 aliphatic heterocycles. The fourth-order valence-electron chi connectivity index (χ4n) is 1.36. The second kappa shape index (κ2) is 4.33. The third kappa shape index (κ3) is 2.17. The first kappa shape index (κ1) is 10.9. The van der Waals surface area contributed by atoms with Crippen molar-refractivity contribution < 1.29 is 9.90 Å². The van der Waals surface area contributed by atoms with Crippen LogP contribution in [-0.4, -0.2) is 11.1 Å². The highest BCUT2D eigenvalue weighted by Crippen LogP contribution is 2.28. The summed E-state index contributed by atoms with van der Waals surface area (Å²) in [5.74, 6) is -1.45. The third-order valence-corrected chi connectivity index (χ3v) is 2.45. The molecule has 3 N–H and O–H groups in total. The zero-order valence-corrected chi connectivity index (χ0v) is 8.58. The van der Waals surface area contributed by atoms with Crippen molar-refractivity contribution >= 4 is 23.3 Å². The number of carboxylic acids is 1.